The largest absolute Gasteiger partial charge is 0.354 e. The fraction of sp³-hybridized carbons (Fsp3) is 0.250. The number of H-pyrrole nitrogens is 1. The summed E-state index contributed by atoms with van der Waals surface area (Å²) in [6, 6.07) is 18.0. The highest BCUT2D eigenvalue weighted by atomic mass is 19.1. The predicted octanol–water partition coefficient (Wildman–Crippen LogP) is 4.72. The van der Waals surface area contributed by atoms with Gasteiger partial charge >= 0.3 is 0 Å². The molecule has 2 amide bonds. The van der Waals surface area contributed by atoms with Crippen molar-refractivity contribution in [3.63, 3.8) is 0 Å². The summed E-state index contributed by atoms with van der Waals surface area (Å²) in [5, 5.41) is 4.13. The molecule has 178 valence electrons. The number of fused-ring (bicyclic) bond motifs is 1. The van der Waals surface area contributed by atoms with Crippen LogP contribution in [0.25, 0.3) is 22.2 Å². The average molecular weight is 471 g/mol. The first-order chi connectivity index (χ1) is 17.1. The fourth-order valence-corrected chi connectivity index (χ4v) is 4.75. The number of para-hydroxylation sites is 1. The number of piperidine rings is 1. The normalized spacial score (nSPS) is 14.3. The number of aryl methyl sites for hydroxylation is 1. The first-order valence-electron chi connectivity index (χ1n) is 11.9. The minimum atomic E-state index is -0.276. The maximum absolute atomic E-state index is 13.5. The number of carbonyl (C=O) groups is 2. The Bertz CT molecular complexity index is 1330. The van der Waals surface area contributed by atoms with Gasteiger partial charge in [-0.25, -0.2) is 4.39 Å². The summed E-state index contributed by atoms with van der Waals surface area (Å²) in [4.78, 5) is 34.8. The smallest absolute Gasteiger partial charge is 0.253 e. The van der Waals surface area contributed by atoms with Gasteiger partial charge in [-0.15, -0.1) is 0 Å². The molecule has 0 unspecified atom stereocenters. The van der Waals surface area contributed by atoms with E-state index in [0.29, 0.717) is 31.5 Å². The number of aromatic amines is 1. The molecule has 7 heteroatoms. The number of halogens is 1. The first kappa shape index (κ1) is 22.8. The number of hydrogen-bond donors (Lipinski definition) is 2. The zero-order valence-corrected chi connectivity index (χ0v) is 19.3. The highest BCUT2D eigenvalue weighted by Gasteiger charge is 2.24. The molecule has 1 aliphatic heterocycles. The molecule has 0 bridgehead atoms. The lowest BCUT2D eigenvalue weighted by molar-refractivity contribution is -0.132. The number of aromatic nitrogens is 2. The van der Waals surface area contributed by atoms with E-state index in [4.69, 9.17) is 0 Å². The Hall–Kier alpha value is -4.00. The number of benzene rings is 2. The molecule has 1 aliphatic rings. The maximum Gasteiger partial charge on any atom is 0.253 e. The lowest BCUT2D eigenvalue weighted by Crippen LogP contribution is -2.46. The highest BCUT2D eigenvalue weighted by Crippen LogP contribution is 2.31. The number of likely N-dealkylation sites (tertiary alicyclic amines) is 1. The van der Waals surface area contributed by atoms with Gasteiger partial charge in [0, 0.05) is 54.5 Å². The quantitative estimate of drug-likeness (QED) is 0.428. The molecule has 3 heterocycles. The van der Waals surface area contributed by atoms with Gasteiger partial charge in [-0.3, -0.25) is 14.6 Å². The molecule has 0 radical (unpaired) electrons. The Morgan fingerprint density at radius 2 is 1.80 bits per heavy atom. The van der Waals surface area contributed by atoms with Crippen LogP contribution in [0.1, 0.15) is 35.2 Å². The molecule has 1 saturated heterocycles. The Morgan fingerprint density at radius 3 is 2.54 bits per heavy atom. The third-order valence-corrected chi connectivity index (χ3v) is 6.64. The van der Waals surface area contributed by atoms with Gasteiger partial charge in [-0.2, -0.15) is 0 Å². The molecular formula is C28H27FN4O2. The Morgan fingerprint density at radius 1 is 1.03 bits per heavy atom. The van der Waals surface area contributed by atoms with Crippen LogP contribution >= 0.6 is 0 Å². The summed E-state index contributed by atoms with van der Waals surface area (Å²) < 4.78 is 13.5. The number of amides is 2. The van der Waals surface area contributed by atoms with Crippen molar-refractivity contribution in [2.75, 3.05) is 13.1 Å². The minimum absolute atomic E-state index is 0.0467. The van der Waals surface area contributed by atoms with Crippen LogP contribution in [0, 0.1) is 5.82 Å². The molecule has 2 aromatic heterocycles. The van der Waals surface area contributed by atoms with E-state index in [2.05, 4.69) is 21.4 Å². The van der Waals surface area contributed by atoms with Crippen LogP contribution in [-0.4, -0.2) is 45.8 Å². The third-order valence-electron chi connectivity index (χ3n) is 6.64. The maximum atomic E-state index is 13.5. The zero-order valence-electron chi connectivity index (χ0n) is 19.3. The topological polar surface area (TPSA) is 78.1 Å². The molecule has 2 N–H and O–H groups in total. The van der Waals surface area contributed by atoms with E-state index < -0.39 is 0 Å². The Kier molecular flexibility index (Phi) is 6.57. The van der Waals surface area contributed by atoms with Gasteiger partial charge in [0.05, 0.1) is 5.56 Å². The second-order valence-corrected chi connectivity index (χ2v) is 8.90. The number of rotatable bonds is 6. The summed E-state index contributed by atoms with van der Waals surface area (Å²) in [6.07, 6.45) is 5.63. The van der Waals surface area contributed by atoms with Gasteiger partial charge in [0.1, 0.15) is 5.82 Å². The summed E-state index contributed by atoms with van der Waals surface area (Å²) in [6.45, 7) is 1.24. The minimum Gasteiger partial charge on any atom is -0.354 e. The van der Waals surface area contributed by atoms with Crippen LogP contribution < -0.4 is 5.32 Å². The molecule has 0 atom stereocenters. The number of hydrogen-bond acceptors (Lipinski definition) is 3. The molecule has 0 saturated carbocycles. The second kappa shape index (κ2) is 10.1. The number of carbonyl (C=O) groups excluding carboxylic acids is 2. The molecule has 1 fully saturated rings. The van der Waals surface area contributed by atoms with Crippen LogP contribution in [0.2, 0.25) is 0 Å². The van der Waals surface area contributed by atoms with Gasteiger partial charge in [0.15, 0.2) is 0 Å². The molecule has 2 aromatic carbocycles. The van der Waals surface area contributed by atoms with E-state index in [0.717, 1.165) is 40.6 Å². The van der Waals surface area contributed by atoms with Gasteiger partial charge in [0.25, 0.3) is 5.91 Å². The van der Waals surface area contributed by atoms with Gasteiger partial charge in [-0.1, -0.05) is 18.2 Å². The van der Waals surface area contributed by atoms with E-state index in [1.54, 1.807) is 36.7 Å². The van der Waals surface area contributed by atoms with Crippen LogP contribution in [0.3, 0.4) is 0 Å². The lowest BCUT2D eigenvalue weighted by Gasteiger charge is -2.32. The van der Waals surface area contributed by atoms with E-state index >= 15 is 0 Å². The third kappa shape index (κ3) is 5.09. The van der Waals surface area contributed by atoms with Crippen LogP contribution in [0.15, 0.2) is 73.1 Å². The van der Waals surface area contributed by atoms with Crippen LogP contribution in [-0.2, 0) is 11.2 Å². The summed E-state index contributed by atoms with van der Waals surface area (Å²) in [5.41, 5.74) is 4.44. The van der Waals surface area contributed by atoms with Crippen molar-refractivity contribution >= 4 is 22.7 Å². The van der Waals surface area contributed by atoms with Gasteiger partial charge in [-0.05, 0) is 72.9 Å². The average Bonchev–Trinajstić information content (AvgIpc) is 3.27. The molecule has 4 aromatic rings. The predicted molar refractivity (Wildman–Crippen MR) is 133 cm³/mol. The fourth-order valence-electron chi connectivity index (χ4n) is 4.75. The van der Waals surface area contributed by atoms with Crippen molar-refractivity contribution < 1.29 is 14.0 Å². The van der Waals surface area contributed by atoms with Crippen molar-refractivity contribution in [1.29, 1.82) is 0 Å². The van der Waals surface area contributed by atoms with E-state index in [1.807, 2.05) is 23.1 Å². The molecule has 5 rings (SSSR count). The highest BCUT2D eigenvalue weighted by molar-refractivity contribution is 5.94. The van der Waals surface area contributed by atoms with Crippen molar-refractivity contribution in [2.24, 2.45) is 0 Å². The van der Waals surface area contributed by atoms with Gasteiger partial charge in [0.2, 0.25) is 5.91 Å². The van der Waals surface area contributed by atoms with Crippen molar-refractivity contribution in [2.45, 2.75) is 31.7 Å². The zero-order chi connectivity index (χ0) is 24.2. The van der Waals surface area contributed by atoms with E-state index in [9.17, 15) is 14.0 Å². The molecule has 6 nitrogen and oxygen atoms in total. The number of pyridine rings is 1. The van der Waals surface area contributed by atoms with E-state index in [-0.39, 0.29) is 23.7 Å². The number of nitrogens with zero attached hydrogens (tertiary/aromatic N) is 2. The van der Waals surface area contributed by atoms with Crippen LogP contribution in [0.5, 0.6) is 0 Å². The summed E-state index contributed by atoms with van der Waals surface area (Å²) in [7, 11) is 0. The number of nitrogens with one attached hydrogen (secondary N) is 2. The van der Waals surface area contributed by atoms with Crippen molar-refractivity contribution in [3.8, 4) is 11.3 Å². The SMILES string of the molecule is O=C(NC1CCN(C(=O)CCc2c(-c3ccc(F)cc3)[nH]c3ccccc23)CC1)c1cccnc1. The molecular weight excluding hydrogens is 443 g/mol. The van der Waals surface area contributed by atoms with Crippen molar-refractivity contribution in [1.82, 2.24) is 20.2 Å². The standard InChI is InChI=1S/C28H27FN4O2/c29-21-9-7-19(8-10-21)27-24(23-5-1-2-6-25(23)32-27)11-12-26(34)33-16-13-22(14-17-33)31-28(35)20-4-3-15-30-18-20/h1-10,15,18,22,32H,11-14,16-17H2,(H,31,35). The Balaban J connectivity index is 1.22. The second-order valence-electron chi connectivity index (χ2n) is 8.90. The molecule has 0 spiro atoms. The summed E-state index contributed by atoms with van der Waals surface area (Å²) in [5.74, 6) is -0.297. The molecule has 0 aliphatic carbocycles. The first-order valence-corrected chi connectivity index (χ1v) is 11.9. The summed E-state index contributed by atoms with van der Waals surface area (Å²) >= 11 is 0. The Labute approximate surface area is 203 Å². The lowest BCUT2D eigenvalue weighted by atomic mass is 9.99. The van der Waals surface area contributed by atoms with Crippen LogP contribution in [0.4, 0.5) is 4.39 Å². The monoisotopic (exact) mass is 470 g/mol. The van der Waals surface area contributed by atoms with E-state index in [1.165, 1.54) is 12.1 Å². The van der Waals surface area contributed by atoms with Gasteiger partial charge < -0.3 is 15.2 Å². The van der Waals surface area contributed by atoms with Crippen molar-refractivity contribution in [3.05, 3.63) is 90.0 Å². The molecule has 35 heavy (non-hydrogen) atoms.